The molecule has 0 saturated heterocycles. The van der Waals surface area contributed by atoms with Crippen LogP contribution in [-0.4, -0.2) is 25.9 Å². The van der Waals surface area contributed by atoms with Gasteiger partial charge in [-0.1, -0.05) is 13.8 Å². The van der Waals surface area contributed by atoms with Gasteiger partial charge in [-0.3, -0.25) is 0 Å². The molecule has 0 heterocycles. The van der Waals surface area contributed by atoms with Crippen LogP contribution in [0.2, 0.25) is 0 Å². The summed E-state index contributed by atoms with van der Waals surface area (Å²) in [5.74, 6) is 1.72. The molecule has 0 unspecified atom stereocenters. The van der Waals surface area contributed by atoms with E-state index in [1.165, 1.54) is 6.21 Å². The summed E-state index contributed by atoms with van der Waals surface area (Å²) in [4.78, 5) is 0. The Hall–Kier alpha value is -2.24. The predicted octanol–water partition coefficient (Wildman–Crippen LogP) is 1.34. The van der Waals surface area contributed by atoms with E-state index in [9.17, 15) is 0 Å². The summed E-state index contributed by atoms with van der Waals surface area (Å²) in [5.41, 5.74) is 11.2. The molecule has 0 radical (unpaired) electrons. The van der Waals surface area contributed by atoms with Gasteiger partial charge in [-0.2, -0.15) is 5.10 Å². The van der Waals surface area contributed by atoms with Crippen LogP contribution in [0.1, 0.15) is 19.4 Å². The smallest absolute Gasteiger partial charge is 0.211 e. The highest BCUT2D eigenvalue weighted by Crippen LogP contribution is 2.27. The standard InChI is InChI=1S/C13H20N4O2/c1-9(2)8-19-11-5-4-10(6-12(11)18-3)7-16-17-13(14)15/h4-7,9H,8H2,1-3H3,(H4,14,15,17)/b16-7-. The van der Waals surface area contributed by atoms with Crippen molar-refractivity contribution in [3.63, 3.8) is 0 Å². The first-order valence-corrected chi connectivity index (χ1v) is 5.95. The Morgan fingerprint density at radius 3 is 2.63 bits per heavy atom. The quantitative estimate of drug-likeness (QED) is 0.460. The van der Waals surface area contributed by atoms with E-state index < -0.39 is 0 Å². The van der Waals surface area contributed by atoms with Gasteiger partial charge in [0.25, 0.3) is 0 Å². The maximum atomic E-state index is 5.65. The zero-order valence-corrected chi connectivity index (χ0v) is 11.5. The van der Waals surface area contributed by atoms with E-state index in [-0.39, 0.29) is 5.96 Å². The summed E-state index contributed by atoms with van der Waals surface area (Å²) in [6, 6.07) is 5.49. The van der Waals surface area contributed by atoms with Crippen LogP contribution >= 0.6 is 0 Å². The van der Waals surface area contributed by atoms with Crippen molar-refractivity contribution in [2.75, 3.05) is 13.7 Å². The Balaban J connectivity index is 2.83. The maximum absolute atomic E-state index is 5.65. The lowest BCUT2D eigenvalue weighted by molar-refractivity contribution is 0.257. The van der Waals surface area contributed by atoms with Gasteiger partial charge in [-0.15, -0.1) is 5.10 Å². The Morgan fingerprint density at radius 1 is 1.32 bits per heavy atom. The van der Waals surface area contributed by atoms with Crippen molar-refractivity contribution in [1.29, 1.82) is 0 Å². The van der Waals surface area contributed by atoms with Gasteiger partial charge >= 0.3 is 0 Å². The number of nitrogens with zero attached hydrogens (tertiary/aromatic N) is 2. The number of rotatable bonds is 6. The molecule has 0 amide bonds. The van der Waals surface area contributed by atoms with Crippen LogP contribution in [0, 0.1) is 5.92 Å². The number of ether oxygens (including phenoxy) is 2. The van der Waals surface area contributed by atoms with Gasteiger partial charge in [0.2, 0.25) is 5.96 Å². The van der Waals surface area contributed by atoms with Gasteiger partial charge in [0.1, 0.15) is 0 Å². The Labute approximate surface area is 113 Å². The van der Waals surface area contributed by atoms with Crippen molar-refractivity contribution < 1.29 is 9.47 Å². The van der Waals surface area contributed by atoms with Gasteiger partial charge in [0.15, 0.2) is 11.5 Å². The van der Waals surface area contributed by atoms with E-state index in [0.29, 0.717) is 24.0 Å². The van der Waals surface area contributed by atoms with Crippen molar-refractivity contribution in [3.8, 4) is 11.5 Å². The van der Waals surface area contributed by atoms with E-state index in [0.717, 1.165) is 5.56 Å². The molecule has 0 saturated carbocycles. The number of hydrogen-bond donors (Lipinski definition) is 2. The third-order valence-electron chi connectivity index (χ3n) is 2.14. The molecule has 0 aliphatic rings. The molecular weight excluding hydrogens is 244 g/mol. The lowest BCUT2D eigenvalue weighted by Crippen LogP contribution is -2.21. The van der Waals surface area contributed by atoms with Crippen LogP contribution < -0.4 is 20.9 Å². The highest BCUT2D eigenvalue weighted by Gasteiger charge is 2.05. The minimum Gasteiger partial charge on any atom is -0.493 e. The molecule has 0 aliphatic carbocycles. The molecule has 104 valence electrons. The highest BCUT2D eigenvalue weighted by atomic mass is 16.5. The number of hydrogen-bond acceptors (Lipinski definition) is 4. The summed E-state index contributed by atoms with van der Waals surface area (Å²) in [7, 11) is 1.59. The largest absolute Gasteiger partial charge is 0.493 e. The molecule has 0 fully saturated rings. The van der Waals surface area contributed by atoms with Gasteiger partial charge in [0, 0.05) is 0 Å². The summed E-state index contributed by atoms with van der Waals surface area (Å²) in [5, 5.41) is 7.26. The minimum atomic E-state index is -0.0832. The second-order valence-corrected chi connectivity index (χ2v) is 4.38. The molecule has 1 rings (SSSR count). The number of guanidine groups is 1. The normalized spacial score (nSPS) is 10.7. The Kier molecular flexibility index (Phi) is 5.66. The lowest BCUT2D eigenvalue weighted by Gasteiger charge is -2.12. The molecule has 6 nitrogen and oxygen atoms in total. The average molecular weight is 264 g/mol. The summed E-state index contributed by atoms with van der Waals surface area (Å²) >= 11 is 0. The van der Waals surface area contributed by atoms with E-state index in [2.05, 4.69) is 24.1 Å². The van der Waals surface area contributed by atoms with Crippen LogP contribution in [0.25, 0.3) is 0 Å². The van der Waals surface area contributed by atoms with Gasteiger partial charge in [-0.25, -0.2) is 0 Å². The number of nitrogens with two attached hydrogens (primary N) is 2. The van der Waals surface area contributed by atoms with Gasteiger partial charge in [0.05, 0.1) is 19.9 Å². The van der Waals surface area contributed by atoms with Crippen molar-refractivity contribution in [1.82, 2.24) is 0 Å². The summed E-state index contributed by atoms with van der Waals surface area (Å²) in [6.07, 6.45) is 1.54. The van der Waals surface area contributed by atoms with Crippen LogP contribution in [0.5, 0.6) is 11.5 Å². The molecular formula is C13H20N4O2. The Bertz CT molecular complexity index is 466. The fourth-order valence-electron chi connectivity index (χ4n) is 1.30. The average Bonchev–Trinajstić information content (AvgIpc) is 2.36. The first kappa shape index (κ1) is 14.8. The summed E-state index contributed by atoms with van der Waals surface area (Å²) < 4.78 is 10.9. The third kappa shape index (κ3) is 5.29. The first-order chi connectivity index (χ1) is 9.02. The monoisotopic (exact) mass is 264 g/mol. The van der Waals surface area contributed by atoms with Gasteiger partial charge < -0.3 is 20.9 Å². The van der Waals surface area contributed by atoms with E-state index >= 15 is 0 Å². The first-order valence-electron chi connectivity index (χ1n) is 5.95. The van der Waals surface area contributed by atoms with Crippen LogP contribution in [0.3, 0.4) is 0 Å². The number of benzene rings is 1. The van der Waals surface area contributed by atoms with Crippen LogP contribution in [-0.2, 0) is 0 Å². The molecule has 0 atom stereocenters. The second-order valence-electron chi connectivity index (χ2n) is 4.38. The maximum Gasteiger partial charge on any atom is 0.211 e. The molecule has 1 aromatic rings. The van der Waals surface area contributed by atoms with E-state index in [4.69, 9.17) is 20.9 Å². The molecule has 4 N–H and O–H groups in total. The van der Waals surface area contributed by atoms with E-state index in [1.54, 1.807) is 13.2 Å². The highest BCUT2D eigenvalue weighted by molar-refractivity contribution is 5.82. The fraction of sp³-hybridized carbons (Fsp3) is 0.385. The molecule has 6 heteroatoms. The zero-order valence-electron chi connectivity index (χ0n) is 11.5. The van der Waals surface area contributed by atoms with Crippen molar-refractivity contribution in [2.24, 2.45) is 27.6 Å². The van der Waals surface area contributed by atoms with Gasteiger partial charge in [-0.05, 0) is 29.7 Å². The number of methoxy groups -OCH3 is 1. The van der Waals surface area contributed by atoms with E-state index in [1.807, 2.05) is 12.1 Å². The van der Waals surface area contributed by atoms with Crippen LogP contribution in [0.15, 0.2) is 28.4 Å². The third-order valence-corrected chi connectivity index (χ3v) is 2.14. The molecule has 0 aliphatic heterocycles. The van der Waals surface area contributed by atoms with Crippen LogP contribution in [0.4, 0.5) is 0 Å². The molecule has 0 aromatic heterocycles. The molecule has 1 aromatic carbocycles. The minimum absolute atomic E-state index is 0.0832. The van der Waals surface area contributed by atoms with Crippen molar-refractivity contribution in [2.45, 2.75) is 13.8 Å². The molecule has 0 spiro atoms. The summed E-state index contributed by atoms with van der Waals surface area (Å²) in [6.45, 7) is 4.81. The Morgan fingerprint density at radius 2 is 2.05 bits per heavy atom. The SMILES string of the molecule is COc1cc(/C=N\N=C(N)N)ccc1OCC(C)C. The zero-order chi connectivity index (χ0) is 14.3. The fourth-order valence-corrected chi connectivity index (χ4v) is 1.30. The molecule has 19 heavy (non-hydrogen) atoms. The van der Waals surface area contributed by atoms with Crippen molar-refractivity contribution >= 4 is 12.2 Å². The second kappa shape index (κ2) is 7.25. The predicted molar refractivity (Wildman–Crippen MR) is 76.7 cm³/mol. The topological polar surface area (TPSA) is 95.2 Å². The lowest BCUT2D eigenvalue weighted by atomic mass is 10.2. The van der Waals surface area contributed by atoms with Crippen molar-refractivity contribution in [3.05, 3.63) is 23.8 Å². The molecule has 0 bridgehead atoms.